The van der Waals surface area contributed by atoms with Crippen molar-refractivity contribution in [3.63, 3.8) is 0 Å². The number of rotatable bonds is 4. The first-order valence-electron chi connectivity index (χ1n) is 7.40. The average Bonchev–Trinajstić information content (AvgIpc) is 3.06. The Morgan fingerprint density at radius 1 is 1.09 bits per heavy atom. The molecule has 4 nitrogen and oxygen atoms in total. The summed E-state index contributed by atoms with van der Waals surface area (Å²) in [7, 11) is 0. The van der Waals surface area contributed by atoms with Crippen LogP contribution in [0.25, 0.3) is 11.3 Å². The van der Waals surface area contributed by atoms with E-state index in [1.54, 1.807) is 0 Å². The summed E-state index contributed by atoms with van der Waals surface area (Å²) in [6, 6.07) is 17.7. The maximum absolute atomic E-state index is 12.6. The van der Waals surface area contributed by atoms with Gasteiger partial charge in [-0.05, 0) is 30.9 Å². The molecule has 0 spiro atoms. The summed E-state index contributed by atoms with van der Waals surface area (Å²) in [6.45, 7) is 3.99. The minimum Gasteiger partial charge on any atom is -0.345 e. The molecule has 3 rings (SSSR count). The number of hydrogen-bond donors (Lipinski definition) is 1. The normalized spacial score (nSPS) is 11.9. The smallest absolute Gasteiger partial charge is 0.265 e. The van der Waals surface area contributed by atoms with Crippen molar-refractivity contribution < 1.29 is 4.79 Å². The maximum atomic E-state index is 12.6. The molecule has 0 fully saturated rings. The molecule has 3 aromatic rings. The van der Waals surface area contributed by atoms with Gasteiger partial charge >= 0.3 is 0 Å². The van der Waals surface area contributed by atoms with Crippen LogP contribution in [-0.2, 0) is 0 Å². The third-order valence-electron chi connectivity index (χ3n) is 3.67. The molecule has 116 valence electrons. The number of nitrogens with zero attached hydrogens (tertiary/aromatic N) is 2. The Bertz CT molecular complexity index is 797. The number of aromatic nitrogens is 2. The fourth-order valence-electron chi connectivity index (χ4n) is 2.33. The molecule has 1 amide bonds. The average molecular weight is 323 g/mol. The summed E-state index contributed by atoms with van der Waals surface area (Å²) in [5.74, 6) is -0.146. The topological polar surface area (TPSA) is 54.9 Å². The predicted molar refractivity (Wildman–Crippen MR) is 92.4 cm³/mol. The van der Waals surface area contributed by atoms with Crippen LogP contribution in [0.1, 0.15) is 33.8 Å². The first-order chi connectivity index (χ1) is 11.1. The Labute approximate surface area is 139 Å². The fourth-order valence-corrected chi connectivity index (χ4v) is 2.92. The third-order valence-corrected chi connectivity index (χ3v) is 4.39. The van der Waals surface area contributed by atoms with Crippen LogP contribution in [0, 0.1) is 6.92 Å². The quantitative estimate of drug-likeness (QED) is 0.789. The molecule has 1 atom stereocenters. The van der Waals surface area contributed by atoms with Crippen molar-refractivity contribution in [1.82, 2.24) is 14.9 Å². The van der Waals surface area contributed by atoms with Gasteiger partial charge in [0.2, 0.25) is 0 Å². The van der Waals surface area contributed by atoms with Crippen LogP contribution in [0.3, 0.4) is 0 Å². The summed E-state index contributed by atoms with van der Waals surface area (Å²) >= 11 is 1.12. The van der Waals surface area contributed by atoms with Crippen LogP contribution < -0.4 is 5.32 Å². The van der Waals surface area contributed by atoms with E-state index in [1.807, 2.05) is 68.4 Å². The largest absolute Gasteiger partial charge is 0.345 e. The van der Waals surface area contributed by atoms with Gasteiger partial charge in [0.1, 0.15) is 10.6 Å². The lowest BCUT2D eigenvalue weighted by atomic mass is 10.1. The lowest BCUT2D eigenvalue weighted by molar-refractivity contribution is 0.0944. The van der Waals surface area contributed by atoms with Crippen LogP contribution in [0.4, 0.5) is 0 Å². The van der Waals surface area contributed by atoms with Crippen molar-refractivity contribution in [1.29, 1.82) is 0 Å². The van der Waals surface area contributed by atoms with Crippen molar-refractivity contribution in [2.45, 2.75) is 19.9 Å². The van der Waals surface area contributed by atoms with Gasteiger partial charge in [-0.25, -0.2) is 0 Å². The molecule has 0 aliphatic carbocycles. The third kappa shape index (κ3) is 3.46. The molecular weight excluding hydrogens is 306 g/mol. The van der Waals surface area contributed by atoms with Gasteiger partial charge in [0.25, 0.3) is 5.91 Å². The van der Waals surface area contributed by atoms with Gasteiger partial charge < -0.3 is 5.32 Å². The number of carbonyl (C=O) groups excluding carboxylic acids is 1. The fraction of sp³-hybridized carbons (Fsp3) is 0.167. The van der Waals surface area contributed by atoms with E-state index in [9.17, 15) is 4.79 Å². The van der Waals surface area contributed by atoms with Gasteiger partial charge in [0.05, 0.1) is 6.04 Å². The molecule has 2 aromatic carbocycles. The molecule has 0 aliphatic heterocycles. The highest BCUT2D eigenvalue weighted by atomic mass is 32.1. The molecule has 1 heterocycles. The highest BCUT2D eigenvalue weighted by Crippen LogP contribution is 2.25. The number of amides is 1. The minimum absolute atomic E-state index is 0.0725. The minimum atomic E-state index is -0.146. The Balaban J connectivity index is 1.81. The maximum Gasteiger partial charge on any atom is 0.265 e. The monoisotopic (exact) mass is 323 g/mol. The Hall–Kier alpha value is -2.53. The molecule has 0 bridgehead atoms. The highest BCUT2D eigenvalue weighted by Gasteiger charge is 2.19. The molecule has 0 radical (unpaired) electrons. The van der Waals surface area contributed by atoms with Crippen LogP contribution in [-0.4, -0.2) is 15.5 Å². The number of carbonyl (C=O) groups is 1. The van der Waals surface area contributed by atoms with Crippen LogP contribution >= 0.6 is 11.5 Å². The first-order valence-corrected chi connectivity index (χ1v) is 8.17. The Morgan fingerprint density at radius 2 is 1.78 bits per heavy atom. The van der Waals surface area contributed by atoms with Gasteiger partial charge in [-0.15, -0.1) is 5.10 Å². The van der Waals surface area contributed by atoms with E-state index in [0.29, 0.717) is 10.6 Å². The number of aryl methyl sites for hydroxylation is 1. The van der Waals surface area contributed by atoms with Gasteiger partial charge in [0, 0.05) is 5.56 Å². The highest BCUT2D eigenvalue weighted by molar-refractivity contribution is 7.08. The second-order valence-electron chi connectivity index (χ2n) is 5.42. The molecule has 0 unspecified atom stereocenters. The predicted octanol–water partition coefficient (Wildman–Crippen LogP) is 4.00. The van der Waals surface area contributed by atoms with Crippen LogP contribution in [0.2, 0.25) is 0 Å². The summed E-state index contributed by atoms with van der Waals surface area (Å²) in [5.41, 5.74) is 3.77. The summed E-state index contributed by atoms with van der Waals surface area (Å²) < 4.78 is 3.95. The molecule has 0 saturated heterocycles. The van der Waals surface area contributed by atoms with E-state index in [-0.39, 0.29) is 11.9 Å². The van der Waals surface area contributed by atoms with E-state index in [4.69, 9.17) is 0 Å². The first kappa shape index (κ1) is 15.4. The van der Waals surface area contributed by atoms with Gasteiger partial charge in [-0.1, -0.05) is 64.6 Å². The van der Waals surface area contributed by atoms with Gasteiger partial charge in [-0.3, -0.25) is 4.79 Å². The van der Waals surface area contributed by atoms with Crippen molar-refractivity contribution in [2.24, 2.45) is 0 Å². The van der Waals surface area contributed by atoms with E-state index in [0.717, 1.165) is 22.7 Å². The number of nitrogens with one attached hydrogen (secondary N) is 1. The Morgan fingerprint density at radius 3 is 2.48 bits per heavy atom. The van der Waals surface area contributed by atoms with Crippen LogP contribution in [0.15, 0.2) is 54.6 Å². The zero-order valence-electron chi connectivity index (χ0n) is 13.0. The molecule has 23 heavy (non-hydrogen) atoms. The molecular formula is C18H17N3OS. The molecule has 1 N–H and O–H groups in total. The zero-order valence-corrected chi connectivity index (χ0v) is 13.8. The van der Waals surface area contributed by atoms with E-state index in [1.165, 1.54) is 5.56 Å². The van der Waals surface area contributed by atoms with Crippen molar-refractivity contribution in [2.75, 3.05) is 0 Å². The molecule has 0 saturated carbocycles. The van der Waals surface area contributed by atoms with Gasteiger partial charge in [0.15, 0.2) is 0 Å². The SMILES string of the molecule is Cc1ccc(-c2nnsc2C(=O)N[C@H](C)c2ccccc2)cc1. The van der Waals surface area contributed by atoms with Crippen molar-refractivity contribution in [3.8, 4) is 11.3 Å². The summed E-state index contributed by atoms with van der Waals surface area (Å²) in [5, 5.41) is 7.14. The molecule has 1 aromatic heterocycles. The van der Waals surface area contributed by atoms with E-state index < -0.39 is 0 Å². The second-order valence-corrected chi connectivity index (χ2v) is 6.18. The van der Waals surface area contributed by atoms with E-state index >= 15 is 0 Å². The number of benzene rings is 2. The standard InChI is InChI=1S/C18H17N3OS/c1-12-8-10-15(11-9-12)16-17(23-21-20-16)18(22)19-13(2)14-6-4-3-5-7-14/h3-11,13H,1-2H3,(H,19,22)/t13-/m1/s1. The lowest BCUT2D eigenvalue weighted by Crippen LogP contribution is -2.26. The lowest BCUT2D eigenvalue weighted by Gasteiger charge is -2.13. The van der Waals surface area contributed by atoms with Crippen molar-refractivity contribution >= 4 is 17.4 Å². The summed E-state index contributed by atoms with van der Waals surface area (Å²) in [6.07, 6.45) is 0. The van der Waals surface area contributed by atoms with Crippen molar-refractivity contribution in [3.05, 3.63) is 70.6 Å². The van der Waals surface area contributed by atoms with E-state index in [2.05, 4.69) is 14.9 Å². The zero-order chi connectivity index (χ0) is 16.2. The summed E-state index contributed by atoms with van der Waals surface area (Å²) in [4.78, 5) is 13.1. The van der Waals surface area contributed by atoms with Gasteiger partial charge in [-0.2, -0.15) is 0 Å². The number of hydrogen-bond acceptors (Lipinski definition) is 4. The molecule has 0 aliphatic rings. The van der Waals surface area contributed by atoms with Crippen LogP contribution in [0.5, 0.6) is 0 Å². The molecule has 5 heteroatoms. The Kier molecular flexibility index (Phi) is 4.48. The second kappa shape index (κ2) is 6.71.